The van der Waals surface area contributed by atoms with Crippen molar-refractivity contribution in [3.8, 4) is 0 Å². The average Bonchev–Trinajstić information content (AvgIpc) is 2.25. The normalized spacial score (nSPS) is 11.1. The Morgan fingerprint density at radius 3 is 2.76 bits per heavy atom. The van der Waals surface area contributed by atoms with Gasteiger partial charge in [-0.15, -0.1) is 0 Å². The van der Waals surface area contributed by atoms with Gasteiger partial charge in [0, 0.05) is 18.6 Å². The standard InChI is InChI=1S/C12H19ClN2O2/c1-4-6-17-7-5-15-11(16)8-10(13)14-12(15)9(2)3/h8-9H,4-7H2,1-3H3. The first-order valence-electron chi connectivity index (χ1n) is 5.91. The molecule has 17 heavy (non-hydrogen) atoms. The third kappa shape index (κ3) is 4.13. The Kier molecular flexibility index (Phi) is 5.65. The third-order valence-corrected chi connectivity index (χ3v) is 2.52. The zero-order valence-electron chi connectivity index (χ0n) is 10.6. The fourth-order valence-corrected chi connectivity index (χ4v) is 1.74. The number of hydrogen-bond acceptors (Lipinski definition) is 3. The van der Waals surface area contributed by atoms with Crippen LogP contribution in [0.2, 0.25) is 5.15 Å². The van der Waals surface area contributed by atoms with Gasteiger partial charge < -0.3 is 4.74 Å². The van der Waals surface area contributed by atoms with E-state index in [0.29, 0.717) is 25.6 Å². The Balaban J connectivity index is 2.85. The van der Waals surface area contributed by atoms with Crippen molar-refractivity contribution in [2.75, 3.05) is 13.2 Å². The fourth-order valence-electron chi connectivity index (χ4n) is 1.56. The molecule has 96 valence electrons. The van der Waals surface area contributed by atoms with E-state index >= 15 is 0 Å². The van der Waals surface area contributed by atoms with Gasteiger partial charge in [-0.1, -0.05) is 32.4 Å². The predicted octanol–water partition coefficient (Wildman–Crippen LogP) is 2.45. The van der Waals surface area contributed by atoms with E-state index in [-0.39, 0.29) is 16.6 Å². The van der Waals surface area contributed by atoms with Gasteiger partial charge >= 0.3 is 0 Å². The van der Waals surface area contributed by atoms with Crippen LogP contribution < -0.4 is 5.56 Å². The highest BCUT2D eigenvalue weighted by Crippen LogP contribution is 2.12. The van der Waals surface area contributed by atoms with Crippen molar-refractivity contribution in [3.63, 3.8) is 0 Å². The highest BCUT2D eigenvalue weighted by atomic mass is 35.5. The molecule has 0 aliphatic rings. The first kappa shape index (κ1) is 14.2. The van der Waals surface area contributed by atoms with E-state index in [4.69, 9.17) is 16.3 Å². The molecule has 0 radical (unpaired) electrons. The molecule has 0 bridgehead atoms. The summed E-state index contributed by atoms with van der Waals surface area (Å²) in [5.41, 5.74) is -0.117. The zero-order chi connectivity index (χ0) is 12.8. The number of rotatable bonds is 6. The Hall–Kier alpha value is -0.870. The monoisotopic (exact) mass is 258 g/mol. The summed E-state index contributed by atoms with van der Waals surface area (Å²) in [4.78, 5) is 16.0. The second-order valence-electron chi connectivity index (χ2n) is 4.19. The molecule has 0 fully saturated rings. The Bertz CT molecular complexity index is 415. The molecule has 5 heteroatoms. The van der Waals surface area contributed by atoms with E-state index in [9.17, 15) is 4.79 Å². The maximum absolute atomic E-state index is 11.8. The molecule has 0 spiro atoms. The maximum atomic E-state index is 11.8. The summed E-state index contributed by atoms with van der Waals surface area (Å²) in [5.74, 6) is 0.871. The number of aromatic nitrogens is 2. The third-order valence-electron chi connectivity index (χ3n) is 2.33. The van der Waals surface area contributed by atoms with Crippen molar-refractivity contribution in [3.05, 3.63) is 27.4 Å². The summed E-state index contributed by atoms with van der Waals surface area (Å²) >= 11 is 5.79. The Morgan fingerprint density at radius 1 is 1.47 bits per heavy atom. The predicted molar refractivity (Wildman–Crippen MR) is 68.7 cm³/mol. The van der Waals surface area contributed by atoms with E-state index in [1.807, 2.05) is 13.8 Å². The zero-order valence-corrected chi connectivity index (χ0v) is 11.3. The van der Waals surface area contributed by atoms with E-state index < -0.39 is 0 Å². The number of hydrogen-bond donors (Lipinski definition) is 0. The van der Waals surface area contributed by atoms with Crippen LogP contribution in [0.25, 0.3) is 0 Å². The molecule has 1 aromatic rings. The van der Waals surface area contributed by atoms with Crippen molar-refractivity contribution >= 4 is 11.6 Å². The molecule has 0 aliphatic heterocycles. The van der Waals surface area contributed by atoms with Gasteiger partial charge in [0.1, 0.15) is 11.0 Å². The first-order chi connectivity index (χ1) is 8.06. The van der Waals surface area contributed by atoms with Gasteiger partial charge in [-0.2, -0.15) is 0 Å². The first-order valence-corrected chi connectivity index (χ1v) is 6.29. The fraction of sp³-hybridized carbons (Fsp3) is 0.667. The van der Waals surface area contributed by atoms with Crippen LogP contribution in [-0.4, -0.2) is 22.8 Å². The molecule has 0 saturated carbocycles. The molecule has 0 saturated heterocycles. The largest absolute Gasteiger partial charge is 0.380 e. The molecule has 0 unspecified atom stereocenters. The molecule has 4 nitrogen and oxygen atoms in total. The van der Waals surface area contributed by atoms with Crippen molar-refractivity contribution < 1.29 is 4.74 Å². The van der Waals surface area contributed by atoms with Crippen LogP contribution in [0, 0.1) is 0 Å². The van der Waals surface area contributed by atoms with E-state index in [0.717, 1.165) is 6.42 Å². The molecule has 0 amide bonds. The molecule has 0 N–H and O–H groups in total. The van der Waals surface area contributed by atoms with Gasteiger partial charge in [0.25, 0.3) is 5.56 Å². The smallest absolute Gasteiger partial charge is 0.255 e. The van der Waals surface area contributed by atoms with Crippen LogP contribution in [0.5, 0.6) is 0 Å². The van der Waals surface area contributed by atoms with Gasteiger partial charge in [-0.25, -0.2) is 4.98 Å². The lowest BCUT2D eigenvalue weighted by Crippen LogP contribution is -2.27. The number of ether oxygens (including phenoxy) is 1. The Morgan fingerprint density at radius 2 is 2.18 bits per heavy atom. The minimum absolute atomic E-state index is 0.117. The van der Waals surface area contributed by atoms with Gasteiger partial charge in [0.15, 0.2) is 0 Å². The highest BCUT2D eigenvalue weighted by Gasteiger charge is 2.10. The number of halogens is 1. The minimum atomic E-state index is -0.117. The second-order valence-corrected chi connectivity index (χ2v) is 4.58. The van der Waals surface area contributed by atoms with Crippen LogP contribution in [-0.2, 0) is 11.3 Å². The molecule has 0 atom stereocenters. The van der Waals surface area contributed by atoms with Crippen LogP contribution in [0.1, 0.15) is 38.9 Å². The van der Waals surface area contributed by atoms with E-state index in [1.54, 1.807) is 4.57 Å². The molecular formula is C12H19ClN2O2. The van der Waals surface area contributed by atoms with Crippen molar-refractivity contribution in [2.45, 2.75) is 39.7 Å². The summed E-state index contributed by atoms with van der Waals surface area (Å²) in [6.07, 6.45) is 0.977. The maximum Gasteiger partial charge on any atom is 0.255 e. The lowest BCUT2D eigenvalue weighted by molar-refractivity contribution is 0.125. The van der Waals surface area contributed by atoms with Crippen LogP contribution in [0.4, 0.5) is 0 Å². The molecule has 0 aromatic carbocycles. The quantitative estimate of drug-likeness (QED) is 0.582. The van der Waals surface area contributed by atoms with Gasteiger partial charge in [0.05, 0.1) is 13.2 Å². The SMILES string of the molecule is CCCOCCn1c(C(C)C)nc(Cl)cc1=O. The lowest BCUT2D eigenvalue weighted by atomic mass is 10.2. The summed E-state index contributed by atoms with van der Waals surface area (Å²) in [7, 11) is 0. The van der Waals surface area contributed by atoms with E-state index in [2.05, 4.69) is 11.9 Å². The van der Waals surface area contributed by atoms with Crippen molar-refractivity contribution in [1.82, 2.24) is 9.55 Å². The van der Waals surface area contributed by atoms with Crippen molar-refractivity contribution in [1.29, 1.82) is 0 Å². The van der Waals surface area contributed by atoms with E-state index in [1.165, 1.54) is 6.07 Å². The van der Waals surface area contributed by atoms with Gasteiger partial charge in [-0.05, 0) is 6.42 Å². The molecule has 1 heterocycles. The second kappa shape index (κ2) is 6.77. The van der Waals surface area contributed by atoms with Gasteiger partial charge in [0.2, 0.25) is 0 Å². The van der Waals surface area contributed by atoms with Gasteiger partial charge in [-0.3, -0.25) is 9.36 Å². The molecule has 1 rings (SSSR count). The van der Waals surface area contributed by atoms with Crippen LogP contribution in [0.3, 0.4) is 0 Å². The highest BCUT2D eigenvalue weighted by molar-refractivity contribution is 6.29. The molecular weight excluding hydrogens is 240 g/mol. The Labute approximate surface area is 107 Å². The summed E-state index contributed by atoms with van der Waals surface area (Å²) in [6.45, 7) is 7.79. The molecule has 0 aliphatic carbocycles. The summed E-state index contributed by atoms with van der Waals surface area (Å²) in [6, 6.07) is 1.34. The number of nitrogens with zero attached hydrogens (tertiary/aromatic N) is 2. The van der Waals surface area contributed by atoms with Crippen LogP contribution >= 0.6 is 11.6 Å². The minimum Gasteiger partial charge on any atom is -0.380 e. The summed E-state index contributed by atoms with van der Waals surface area (Å²) < 4.78 is 7.02. The molecule has 1 aromatic heterocycles. The van der Waals surface area contributed by atoms with Crippen LogP contribution in [0.15, 0.2) is 10.9 Å². The topological polar surface area (TPSA) is 44.1 Å². The van der Waals surface area contributed by atoms with Crippen molar-refractivity contribution in [2.24, 2.45) is 0 Å². The lowest BCUT2D eigenvalue weighted by Gasteiger charge is -2.14. The summed E-state index contributed by atoms with van der Waals surface area (Å²) in [5, 5.41) is 0.254. The average molecular weight is 259 g/mol.